The molecule has 0 bridgehead atoms. The predicted molar refractivity (Wildman–Crippen MR) is 112 cm³/mol. The summed E-state index contributed by atoms with van der Waals surface area (Å²) in [6.07, 6.45) is 3.13. The van der Waals surface area contributed by atoms with E-state index in [1.807, 2.05) is 6.92 Å². The van der Waals surface area contributed by atoms with Crippen LogP contribution in [0.3, 0.4) is 0 Å². The maximum Gasteiger partial charge on any atom is 0.311 e. The molecule has 0 aliphatic rings. The fraction of sp³-hybridized carbons (Fsp3) is 0.263. The van der Waals surface area contributed by atoms with Gasteiger partial charge in [-0.2, -0.15) is 0 Å². The van der Waals surface area contributed by atoms with E-state index in [2.05, 4.69) is 4.98 Å². The molecule has 0 saturated heterocycles. The highest BCUT2D eigenvalue weighted by Gasteiger charge is 2.22. The second-order valence-corrected chi connectivity index (χ2v) is 7.53. The number of benzene rings is 1. The van der Waals surface area contributed by atoms with Gasteiger partial charge in [0.25, 0.3) is 5.69 Å². The summed E-state index contributed by atoms with van der Waals surface area (Å²) in [5.74, 6) is -0.443. The summed E-state index contributed by atoms with van der Waals surface area (Å²) >= 11 is 18.3. The minimum atomic E-state index is -0.579. The quantitative estimate of drug-likeness (QED) is 0.195. The van der Waals surface area contributed by atoms with Gasteiger partial charge < -0.3 is 9.14 Å². The van der Waals surface area contributed by atoms with Gasteiger partial charge in [-0.3, -0.25) is 14.9 Å². The molecule has 0 spiro atoms. The number of carbonyl (C=O) groups excluding carboxylic acids is 1. The Balaban J connectivity index is 2.13. The van der Waals surface area contributed by atoms with E-state index in [4.69, 9.17) is 39.5 Å². The molecule has 0 atom stereocenters. The van der Waals surface area contributed by atoms with Crippen molar-refractivity contribution in [2.24, 2.45) is 0 Å². The minimum absolute atomic E-state index is 0.00381. The SMILES string of the molecule is CCCCOC(=O)Cc1c(-c2ccc(Cl)c([N+](=O)[O-])c2)nc2c(Cl)cc(Cl)cn12. The van der Waals surface area contributed by atoms with Crippen LogP contribution in [0.4, 0.5) is 5.69 Å². The Bertz CT molecular complexity index is 1100. The van der Waals surface area contributed by atoms with Gasteiger partial charge in [-0.15, -0.1) is 0 Å². The van der Waals surface area contributed by atoms with Gasteiger partial charge in [0.15, 0.2) is 5.65 Å². The number of pyridine rings is 1. The summed E-state index contributed by atoms with van der Waals surface area (Å²) in [4.78, 5) is 27.5. The topological polar surface area (TPSA) is 86.7 Å². The van der Waals surface area contributed by atoms with Crippen molar-refractivity contribution in [3.63, 3.8) is 0 Å². The Labute approximate surface area is 181 Å². The fourth-order valence-electron chi connectivity index (χ4n) is 2.84. The molecule has 0 radical (unpaired) electrons. The molecule has 0 amide bonds. The largest absolute Gasteiger partial charge is 0.465 e. The number of ether oxygens (including phenoxy) is 1. The van der Waals surface area contributed by atoms with Crippen LogP contribution < -0.4 is 0 Å². The Morgan fingerprint density at radius 2 is 2.00 bits per heavy atom. The average Bonchev–Trinajstić information content (AvgIpc) is 3.01. The van der Waals surface area contributed by atoms with E-state index < -0.39 is 10.9 Å². The van der Waals surface area contributed by atoms with Gasteiger partial charge in [0, 0.05) is 17.8 Å². The van der Waals surface area contributed by atoms with Crippen molar-refractivity contribution in [2.45, 2.75) is 26.2 Å². The lowest BCUT2D eigenvalue weighted by molar-refractivity contribution is -0.384. The minimum Gasteiger partial charge on any atom is -0.465 e. The number of nitro groups is 1. The highest BCUT2D eigenvalue weighted by Crippen LogP contribution is 2.34. The molecule has 10 heteroatoms. The molecule has 3 aromatic rings. The second kappa shape index (κ2) is 8.98. The predicted octanol–water partition coefficient (Wildman–Crippen LogP) is 5.76. The third kappa shape index (κ3) is 4.63. The Morgan fingerprint density at radius 3 is 2.69 bits per heavy atom. The van der Waals surface area contributed by atoms with Gasteiger partial charge in [-0.1, -0.05) is 54.2 Å². The molecule has 152 valence electrons. The molecule has 0 aliphatic heterocycles. The number of esters is 1. The van der Waals surface area contributed by atoms with Crippen molar-refractivity contribution in [2.75, 3.05) is 6.61 Å². The van der Waals surface area contributed by atoms with E-state index in [0.29, 0.717) is 34.2 Å². The number of aromatic nitrogens is 2. The normalized spacial score (nSPS) is 11.0. The van der Waals surface area contributed by atoms with Crippen molar-refractivity contribution in [3.8, 4) is 11.3 Å². The highest BCUT2D eigenvalue weighted by atomic mass is 35.5. The van der Waals surface area contributed by atoms with Crippen molar-refractivity contribution in [1.82, 2.24) is 9.38 Å². The highest BCUT2D eigenvalue weighted by molar-refractivity contribution is 6.36. The summed E-state index contributed by atoms with van der Waals surface area (Å²) in [5, 5.41) is 11.9. The molecule has 0 N–H and O–H groups in total. The first-order valence-electron chi connectivity index (χ1n) is 8.77. The van der Waals surface area contributed by atoms with E-state index in [0.717, 1.165) is 12.8 Å². The number of imidazole rings is 1. The van der Waals surface area contributed by atoms with Gasteiger partial charge in [-0.25, -0.2) is 4.98 Å². The van der Waals surface area contributed by atoms with E-state index in [1.165, 1.54) is 18.2 Å². The Morgan fingerprint density at radius 1 is 1.24 bits per heavy atom. The molecular weight excluding hydrogens is 441 g/mol. The first-order chi connectivity index (χ1) is 13.8. The van der Waals surface area contributed by atoms with Crippen LogP contribution in [0.15, 0.2) is 30.5 Å². The van der Waals surface area contributed by atoms with Crippen LogP contribution >= 0.6 is 34.8 Å². The van der Waals surface area contributed by atoms with Gasteiger partial charge in [-0.05, 0) is 18.6 Å². The van der Waals surface area contributed by atoms with Gasteiger partial charge in [0.2, 0.25) is 0 Å². The fourth-order valence-corrected chi connectivity index (χ4v) is 3.54. The molecular formula is C19H16Cl3N3O4. The van der Waals surface area contributed by atoms with Crippen LogP contribution in [0.2, 0.25) is 15.1 Å². The van der Waals surface area contributed by atoms with Crippen LogP contribution in [0.5, 0.6) is 0 Å². The van der Waals surface area contributed by atoms with E-state index in [9.17, 15) is 14.9 Å². The summed E-state index contributed by atoms with van der Waals surface area (Å²) in [5.41, 5.74) is 1.36. The summed E-state index contributed by atoms with van der Waals surface area (Å²) in [7, 11) is 0. The smallest absolute Gasteiger partial charge is 0.311 e. The number of carbonyl (C=O) groups is 1. The molecule has 0 saturated carbocycles. The van der Waals surface area contributed by atoms with Crippen LogP contribution in [-0.4, -0.2) is 26.9 Å². The first kappa shape index (κ1) is 21.4. The molecule has 2 aromatic heterocycles. The Kier molecular flexibility index (Phi) is 6.62. The number of halogens is 3. The lowest BCUT2D eigenvalue weighted by Crippen LogP contribution is -2.11. The number of nitrogens with zero attached hydrogens (tertiary/aromatic N) is 3. The molecule has 0 unspecified atom stereocenters. The maximum absolute atomic E-state index is 12.4. The van der Waals surface area contributed by atoms with E-state index >= 15 is 0 Å². The van der Waals surface area contributed by atoms with Crippen LogP contribution in [0, 0.1) is 10.1 Å². The number of rotatable bonds is 7. The number of fused-ring (bicyclic) bond motifs is 1. The van der Waals surface area contributed by atoms with Gasteiger partial charge >= 0.3 is 5.97 Å². The molecule has 29 heavy (non-hydrogen) atoms. The molecule has 7 nitrogen and oxygen atoms in total. The number of nitro benzene ring substituents is 1. The zero-order valence-electron chi connectivity index (χ0n) is 15.3. The third-order valence-corrected chi connectivity index (χ3v) is 5.03. The first-order valence-corrected chi connectivity index (χ1v) is 9.91. The number of unbranched alkanes of at least 4 members (excludes halogenated alkanes) is 1. The zero-order valence-corrected chi connectivity index (χ0v) is 17.6. The van der Waals surface area contributed by atoms with Crippen molar-refractivity contribution < 1.29 is 14.5 Å². The lowest BCUT2D eigenvalue weighted by Gasteiger charge is -2.07. The van der Waals surface area contributed by atoms with Crippen LogP contribution in [0.1, 0.15) is 25.5 Å². The number of hydrogen-bond donors (Lipinski definition) is 0. The molecule has 0 fully saturated rings. The van der Waals surface area contributed by atoms with E-state index in [1.54, 1.807) is 16.7 Å². The molecule has 0 aliphatic carbocycles. The van der Waals surface area contributed by atoms with Crippen molar-refractivity contribution in [1.29, 1.82) is 0 Å². The van der Waals surface area contributed by atoms with Gasteiger partial charge in [0.1, 0.15) is 5.02 Å². The third-order valence-electron chi connectivity index (χ3n) is 4.23. The standard InChI is InChI=1S/C19H16Cl3N3O4/c1-2-3-6-29-17(26)9-16-18(11-4-5-13(21)15(7-11)25(27)28)23-19-14(22)8-12(20)10-24(16)19/h4-5,7-8,10H,2-3,6,9H2,1H3. The Hall–Kier alpha value is -2.35. The monoisotopic (exact) mass is 455 g/mol. The summed E-state index contributed by atoms with van der Waals surface area (Å²) < 4.78 is 6.86. The van der Waals surface area contributed by atoms with Crippen molar-refractivity contribution in [3.05, 3.63) is 61.3 Å². The molecule has 2 heterocycles. The zero-order chi connectivity index (χ0) is 21.1. The van der Waals surface area contributed by atoms with Crippen LogP contribution in [-0.2, 0) is 16.0 Å². The lowest BCUT2D eigenvalue weighted by atomic mass is 10.1. The molecule has 3 rings (SSSR count). The average molecular weight is 457 g/mol. The summed E-state index contributed by atoms with van der Waals surface area (Å²) in [6.45, 7) is 2.31. The van der Waals surface area contributed by atoms with Gasteiger partial charge in [0.05, 0.1) is 39.4 Å². The van der Waals surface area contributed by atoms with E-state index in [-0.39, 0.29) is 22.2 Å². The molecule has 1 aromatic carbocycles. The summed E-state index contributed by atoms with van der Waals surface area (Å²) in [6, 6.07) is 5.85. The van der Waals surface area contributed by atoms with Crippen molar-refractivity contribution >= 4 is 52.1 Å². The second-order valence-electron chi connectivity index (χ2n) is 6.28. The maximum atomic E-state index is 12.4. The number of hydrogen-bond acceptors (Lipinski definition) is 5. The van der Waals surface area contributed by atoms with Crippen LogP contribution in [0.25, 0.3) is 16.9 Å².